The average molecular weight is 177 g/mol. The third-order valence-electron chi connectivity index (χ3n) is 2.99. The number of hydrogen-bond donors (Lipinski definition) is 1. The maximum absolute atomic E-state index is 9.72. The van der Waals surface area contributed by atoms with Gasteiger partial charge < -0.3 is 5.11 Å². The summed E-state index contributed by atoms with van der Waals surface area (Å²) in [6, 6.07) is 6.14. The van der Waals surface area contributed by atoms with Gasteiger partial charge in [-0.25, -0.2) is 0 Å². The number of benzene rings is 1. The Balaban J connectivity index is 2.51. The van der Waals surface area contributed by atoms with E-state index in [-0.39, 0.29) is 0 Å². The van der Waals surface area contributed by atoms with Gasteiger partial charge in [0.05, 0.1) is 0 Å². The Hall–Kier alpha value is -1.02. The average Bonchev–Trinajstić information content (AvgIpc) is 2.12. The van der Waals surface area contributed by atoms with E-state index in [2.05, 4.69) is 24.9 Å². The van der Waals surface area contributed by atoms with Crippen LogP contribution in [0.2, 0.25) is 0 Å². The summed E-state index contributed by atoms with van der Waals surface area (Å²) in [6.07, 6.45) is 1.05. The van der Waals surface area contributed by atoms with Gasteiger partial charge in [-0.1, -0.05) is 12.1 Å². The van der Waals surface area contributed by atoms with E-state index in [0.29, 0.717) is 11.8 Å². The first-order valence-electron chi connectivity index (χ1n) is 4.71. The van der Waals surface area contributed by atoms with E-state index in [1.165, 1.54) is 5.56 Å². The van der Waals surface area contributed by atoms with Crippen molar-refractivity contribution in [3.05, 3.63) is 29.3 Å². The van der Waals surface area contributed by atoms with E-state index in [1.54, 1.807) is 6.07 Å². The Kier molecular flexibility index (Phi) is 2.00. The van der Waals surface area contributed by atoms with E-state index >= 15 is 0 Å². The molecule has 1 atom stereocenters. The summed E-state index contributed by atoms with van der Waals surface area (Å²) in [6.45, 7) is 3.22. The fraction of sp³-hybridized carbons (Fsp3) is 0.455. The summed E-state index contributed by atoms with van der Waals surface area (Å²) in [5, 5.41) is 9.72. The maximum atomic E-state index is 9.72. The van der Waals surface area contributed by atoms with Gasteiger partial charge in [-0.2, -0.15) is 0 Å². The molecule has 0 bridgehead atoms. The van der Waals surface area contributed by atoms with E-state index in [4.69, 9.17) is 0 Å². The summed E-state index contributed by atoms with van der Waals surface area (Å²) >= 11 is 0. The minimum Gasteiger partial charge on any atom is -0.508 e. The van der Waals surface area contributed by atoms with Gasteiger partial charge in [0.2, 0.25) is 0 Å². The molecule has 0 aromatic heterocycles. The lowest BCUT2D eigenvalue weighted by Gasteiger charge is -2.32. The van der Waals surface area contributed by atoms with Crippen LogP contribution < -0.4 is 0 Å². The first-order chi connectivity index (χ1) is 6.20. The minimum absolute atomic E-state index is 0.338. The van der Waals surface area contributed by atoms with Gasteiger partial charge in [0.15, 0.2) is 0 Å². The molecular weight excluding hydrogens is 162 g/mol. The summed E-state index contributed by atoms with van der Waals surface area (Å²) < 4.78 is 0. The van der Waals surface area contributed by atoms with Crippen molar-refractivity contribution in [3.63, 3.8) is 0 Å². The topological polar surface area (TPSA) is 23.5 Å². The van der Waals surface area contributed by atoms with Crippen molar-refractivity contribution in [1.82, 2.24) is 4.90 Å². The van der Waals surface area contributed by atoms with Crippen molar-refractivity contribution in [3.8, 4) is 5.75 Å². The van der Waals surface area contributed by atoms with Gasteiger partial charge >= 0.3 is 0 Å². The summed E-state index contributed by atoms with van der Waals surface area (Å²) in [4.78, 5) is 2.27. The Morgan fingerprint density at radius 2 is 2.23 bits per heavy atom. The van der Waals surface area contributed by atoms with Crippen LogP contribution in [0, 0.1) is 0 Å². The zero-order valence-corrected chi connectivity index (χ0v) is 8.12. The van der Waals surface area contributed by atoms with E-state index in [9.17, 15) is 5.11 Å². The summed E-state index contributed by atoms with van der Waals surface area (Å²) in [7, 11) is 2.10. The lowest BCUT2D eigenvalue weighted by atomic mass is 9.93. The molecule has 0 saturated carbocycles. The SMILES string of the molecule is C[C@H]1c2c(O)cccc2CCN1C. The van der Waals surface area contributed by atoms with Crippen molar-refractivity contribution < 1.29 is 5.11 Å². The molecule has 0 fully saturated rings. The van der Waals surface area contributed by atoms with Gasteiger partial charge in [-0.3, -0.25) is 4.90 Å². The van der Waals surface area contributed by atoms with Crippen molar-refractivity contribution in [2.24, 2.45) is 0 Å². The number of hydrogen-bond acceptors (Lipinski definition) is 2. The molecule has 0 aliphatic carbocycles. The van der Waals surface area contributed by atoms with Crippen molar-refractivity contribution in [2.45, 2.75) is 19.4 Å². The highest BCUT2D eigenvalue weighted by molar-refractivity contribution is 5.42. The van der Waals surface area contributed by atoms with Crippen LogP contribution in [0.3, 0.4) is 0 Å². The predicted octanol–water partition coefficient (Wildman–Crippen LogP) is 1.94. The first-order valence-corrected chi connectivity index (χ1v) is 4.71. The van der Waals surface area contributed by atoms with Crippen LogP contribution in [0.1, 0.15) is 24.1 Å². The number of aromatic hydroxyl groups is 1. The van der Waals surface area contributed by atoms with Crippen molar-refractivity contribution in [2.75, 3.05) is 13.6 Å². The molecule has 13 heavy (non-hydrogen) atoms. The molecule has 2 nitrogen and oxygen atoms in total. The molecular formula is C11H15NO. The highest BCUT2D eigenvalue weighted by atomic mass is 16.3. The highest BCUT2D eigenvalue weighted by Gasteiger charge is 2.22. The molecule has 1 aromatic carbocycles. The molecule has 1 aliphatic heterocycles. The predicted molar refractivity (Wildman–Crippen MR) is 52.9 cm³/mol. The van der Waals surface area contributed by atoms with Crippen LogP contribution in [0.25, 0.3) is 0 Å². The molecule has 2 heteroatoms. The van der Waals surface area contributed by atoms with E-state index in [1.807, 2.05) is 6.07 Å². The van der Waals surface area contributed by atoms with Crippen molar-refractivity contribution in [1.29, 1.82) is 0 Å². The van der Waals surface area contributed by atoms with E-state index in [0.717, 1.165) is 18.5 Å². The van der Waals surface area contributed by atoms with Gasteiger partial charge in [0, 0.05) is 18.2 Å². The lowest BCUT2D eigenvalue weighted by molar-refractivity contribution is 0.241. The largest absolute Gasteiger partial charge is 0.508 e. The smallest absolute Gasteiger partial charge is 0.120 e. The number of rotatable bonds is 0. The molecule has 0 saturated heterocycles. The van der Waals surface area contributed by atoms with Crippen molar-refractivity contribution >= 4 is 0 Å². The van der Waals surface area contributed by atoms with Gasteiger partial charge in [-0.05, 0) is 32.0 Å². The number of phenolic OH excluding ortho intramolecular Hbond substituents is 1. The Morgan fingerprint density at radius 3 is 3.00 bits per heavy atom. The van der Waals surface area contributed by atoms with E-state index < -0.39 is 0 Å². The molecule has 1 N–H and O–H groups in total. The standard InChI is InChI=1S/C11H15NO/c1-8-11-9(6-7-12(8)2)4-3-5-10(11)13/h3-5,8,13H,6-7H2,1-2H3/t8-/m0/s1. The lowest BCUT2D eigenvalue weighted by Crippen LogP contribution is -2.30. The van der Waals surface area contributed by atoms with Crippen LogP contribution in [-0.4, -0.2) is 23.6 Å². The molecule has 0 amide bonds. The van der Waals surface area contributed by atoms with Crippen LogP contribution in [0.4, 0.5) is 0 Å². The highest BCUT2D eigenvalue weighted by Crippen LogP contribution is 2.34. The zero-order chi connectivity index (χ0) is 9.42. The number of fused-ring (bicyclic) bond motifs is 1. The normalized spacial score (nSPS) is 22.8. The fourth-order valence-corrected chi connectivity index (χ4v) is 2.01. The molecule has 0 spiro atoms. The number of likely N-dealkylation sites (N-methyl/N-ethyl adjacent to an activating group) is 1. The maximum Gasteiger partial charge on any atom is 0.120 e. The summed E-state index contributed by atoms with van der Waals surface area (Å²) in [5.74, 6) is 0.441. The number of phenols is 1. The van der Waals surface area contributed by atoms with Crippen LogP contribution in [0.15, 0.2) is 18.2 Å². The second-order valence-corrected chi connectivity index (χ2v) is 3.76. The molecule has 0 radical (unpaired) electrons. The second kappa shape index (κ2) is 3.04. The second-order valence-electron chi connectivity index (χ2n) is 3.76. The zero-order valence-electron chi connectivity index (χ0n) is 8.12. The third kappa shape index (κ3) is 1.31. The monoisotopic (exact) mass is 177 g/mol. The van der Waals surface area contributed by atoms with Gasteiger partial charge in [-0.15, -0.1) is 0 Å². The molecule has 70 valence electrons. The van der Waals surface area contributed by atoms with Crippen LogP contribution in [0.5, 0.6) is 5.75 Å². The van der Waals surface area contributed by atoms with Gasteiger partial charge in [0.25, 0.3) is 0 Å². The minimum atomic E-state index is 0.338. The Bertz CT molecular complexity index is 322. The molecule has 0 unspecified atom stereocenters. The fourth-order valence-electron chi connectivity index (χ4n) is 2.01. The van der Waals surface area contributed by atoms with Gasteiger partial charge in [0.1, 0.15) is 5.75 Å². The number of nitrogens with zero attached hydrogens (tertiary/aromatic N) is 1. The molecule has 2 rings (SSSR count). The summed E-state index contributed by atoms with van der Waals surface area (Å²) in [5.41, 5.74) is 2.40. The Morgan fingerprint density at radius 1 is 1.46 bits per heavy atom. The third-order valence-corrected chi connectivity index (χ3v) is 2.99. The molecule has 1 aromatic rings. The van der Waals surface area contributed by atoms with Crippen LogP contribution in [-0.2, 0) is 6.42 Å². The Labute approximate surface area is 78.8 Å². The molecule has 1 aliphatic rings. The quantitative estimate of drug-likeness (QED) is 0.654. The first kappa shape index (κ1) is 8.57. The van der Waals surface area contributed by atoms with Crippen LogP contribution >= 0.6 is 0 Å². The molecule has 1 heterocycles.